The van der Waals surface area contributed by atoms with Crippen molar-refractivity contribution in [2.45, 2.75) is 17.9 Å². The summed E-state index contributed by atoms with van der Waals surface area (Å²) in [6.07, 6.45) is -5.42. The number of ether oxygens (including phenoxy) is 1. The maximum absolute atomic E-state index is 13.8. The molecular weight excluding hydrogens is 424 g/mol. The monoisotopic (exact) mass is 440 g/mol. The molecule has 0 saturated carbocycles. The maximum Gasteiger partial charge on any atom is 0.437 e. The zero-order chi connectivity index (χ0) is 23.0. The molecule has 3 atom stereocenters. The van der Waals surface area contributed by atoms with E-state index in [1.165, 1.54) is 29.6 Å². The Morgan fingerprint density at radius 3 is 2.10 bits per heavy atom. The average molecular weight is 440 g/mol. The van der Waals surface area contributed by atoms with Crippen LogP contribution in [0.3, 0.4) is 0 Å². The van der Waals surface area contributed by atoms with Gasteiger partial charge >= 0.3 is 18.2 Å². The molecule has 7 nitrogen and oxygen atoms in total. The third-order valence-corrected chi connectivity index (χ3v) is 4.91. The summed E-state index contributed by atoms with van der Waals surface area (Å²) >= 11 is 0. The smallest absolute Gasteiger partial charge is 0.437 e. The second-order valence-electron chi connectivity index (χ2n) is 6.80. The molecule has 1 aliphatic rings. The van der Waals surface area contributed by atoms with E-state index in [4.69, 9.17) is 0 Å². The molecule has 2 amide bonds. The van der Waals surface area contributed by atoms with Gasteiger partial charge in [-0.1, -0.05) is 12.1 Å². The fourth-order valence-corrected chi connectivity index (χ4v) is 3.35. The van der Waals surface area contributed by atoms with Crippen LogP contribution in [0.25, 0.3) is 0 Å². The van der Waals surface area contributed by atoms with Crippen LogP contribution < -0.4 is 10.6 Å². The number of ketones is 1. The van der Waals surface area contributed by atoms with Crippen LogP contribution in [0, 0.1) is 11.7 Å². The van der Waals surface area contributed by atoms with E-state index in [1.54, 1.807) is 0 Å². The maximum atomic E-state index is 13.8. The molecule has 164 valence electrons. The lowest BCUT2D eigenvalue weighted by Gasteiger charge is -2.45. The van der Waals surface area contributed by atoms with Crippen molar-refractivity contribution >= 4 is 17.8 Å². The number of urea groups is 1. The van der Waals surface area contributed by atoms with E-state index in [2.05, 4.69) is 10.1 Å². The van der Waals surface area contributed by atoms with Crippen LogP contribution in [0.15, 0.2) is 48.5 Å². The van der Waals surface area contributed by atoms with E-state index < -0.39 is 47.5 Å². The summed E-state index contributed by atoms with van der Waals surface area (Å²) in [6, 6.07) is 5.67. The molecule has 2 aromatic rings. The highest BCUT2D eigenvalue weighted by Crippen LogP contribution is 2.44. The summed E-state index contributed by atoms with van der Waals surface area (Å²) in [6.45, 7) is 0. The number of carbonyl (C=O) groups excluding carboxylic acids is 3. The van der Waals surface area contributed by atoms with E-state index >= 15 is 0 Å². The minimum atomic E-state index is -5.42. The van der Waals surface area contributed by atoms with E-state index in [0.29, 0.717) is 0 Å². The van der Waals surface area contributed by atoms with Gasteiger partial charge in [-0.2, -0.15) is 13.2 Å². The van der Waals surface area contributed by atoms with Gasteiger partial charge in [-0.05, 0) is 42.0 Å². The molecule has 11 heteroatoms. The number of aliphatic hydroxyl groups is 1. The van der Waals surface area contributed by atoms with Gasteiger partial charge in [0.15, 0.2) is 5.78 Å². The molecular formula is C20H16F4N2O5. The van der Waals surface area contributed by atoms with Crippen molar-refractivity contribution in [2.24, 2.45) is 5.92 Å². The first-order chi connectivity index (χ1) is 14.5. The number of hydrogen-bond acceptors (Lipinski definition) is 5. The van der Waals surface area contributed by atoms with Gasteiger partial charge in [0.05, 0.1) is 18.7 Å². The Labute approximate surface area is 173 Å². The highest BCUT2D eigenvalue weighted by atomic mass is 19.4. The third-order valence-electron chi connectivity index (χ3n) is 4.91. The van der Waals surface area contributed by atoms with Crippen LogP contribution in [0.2, 0.25) is 0 Å². The number of amides is 2. The summed E-state index contributed by atoms with van der Waals surface area (Å²) in [7, 11) is 1.14. The molecule has 1 heterocycles. The summed E-state index contributed by atoms with van der Waals surface area (Å²) in [5, 5.41) is 14.1. The Morgan fingerprint density at radius 2 is 1.58 bits per heavy atom. The molecule has 1 fully saturated rings. The number of nitrogens with one attached hydrogen (secondary N) is 2. The van der Waals surface area contributed by atoms with Crippen LogP contribution in [-0.4, -0.2) is 41.9 Å². The van der Waals surface area contributed by atoms with Crippen molar-refractivity contribution in [2.75, 3.05) is 7.11 Å². The summed E-state index contributed by atoms with van der Waals surface area (Å²) < 4.78 is 59.2. The number of benzene rings is 2. The molecule has 0 radical (unpaired) electrons. The van der Waals surface area contributed by atoms with E-state index in [-0.39, 0.29) is 16.7 Å². The van der Waals surface area contributed by atoms with Crippen molar-refractivity contribution < 1.29 is 41.8 Å². The first-order valence-corrected chi connectivity index (χ1v) is 8.84. The largest absolute Gasteiger partial charge is 0.465 e. The van der Waals surface area contributed by atoms with Crippen molar-refractivity contribution in [1.82, 2.24) is 10.6 Å². The Balaban J connectivity index is 2.12. The first-order valence-electron chi connectivity index (χ1n) is 8.84. The Kier molecular flexibility index (Phi) is 5.72. The van der Waals surface area contributed by atoms with Gasteiger partial charge in [-0.25, -0.2) is 14.0 Å². The summed E-state index contributed by atoms with van der Waals surface area (Å²) in [5.41, 5.74) is -4.11. The predicted octanol–water partition coefficient (Wildman–Crippen LogP) is 2.72. The molecule has 0 spiro atoms. The van der Waals surface area contributed by atoms with Gasteiger partial charge in [-0.15, -0.1) is 0 Å². The summed E-state index contributed by atoms with van der Waals surface area (Å²) in [4.78, 5) is 36.6. The number of Topliss-reactive ketones (excluding diaryl/α,β-unsaturated/α-hetero) is 1. The first kappa shape index (κ1) is 22.2. The number of rotatable bonds is 4. The molecule has 1 aliphatic heterocycles. The van der Waals surface area contributed by atoms with Gasteiger partial charge in [0.2, 0.25) is 5.72 Å². The van der Waals surface area contributed by atoms with Crippen LogP contribution in [0.4, 0.5) is 22.4 Å². The lowest BCUT2D eigenvalue weighted by molar-refractivity contribution is -0.287. The lowest BCUT2D eigenvalue weighted by Crippen LogP contribution is -2.72. The van der Waals surface area contributed by atoms with Gasteiger partial charge in [0.25, 0.3) is 0 Å². The zero-order valence-electron chi connectivity index (χ0n) is 15.9. The summed E-state index contributed by atoms with van der Waals surface area (Å²) in [5.74, 6) is -4.87. The van der Waals surface area contributed by atoms with E-state index in [9.17, 15) is 37.1 Å². The molecule has 3 N–H and O–H groups in total. The van der Waals surface area contributed by atoms with Gasteiger partial charge in [0, 0.05) is 5.56 Å². The second kappa shape index (κ2) is 7.99. The van der Waals surface area contributed by atoms with E-state index in [0.717, 1.165) is 31.4 Å². The number of esters is 1. The van der Waals surface area contributed by atoms with Gasteiger partial charge < -0.3 is 20.5 Å². The van der Waals surface area contributed by atoms with Crippen molar-refractivity contribution in [3.05, 3.63) is 71.0 Å². The van der Waals surface area contributed by atoms with Crippen molar-refractivity contribution in [1.29, 1.82) is 0 Å². The normalized spacial score (nSPS) is 23.5. The molecule has 1 saturated heterocycles. The quantitative estimate of drug-likeness (QED) is 0.385. The fraction of sp³-hybridized carbons (Fsp3) is 0.250. The lowest BCUT2D eigenvalue weighted by atomic mass is 9.77. The molecule has 3 rings (SSSR count). The Bertz CT molecular complexity index is 1010. The Morgan fingerprint density at radius 1 is 1.03 bits per heavy atom. The molecule has 0 aliphatic carbocycles. The molecule has 0 bridgehead atoms. The molecule has 0 unspecified atom stereocenters. The van der Waals surface area contributed by atoms with E-state index in [1.807, 2.05) is 0 Å². The fourth-order valence-electron chi connectivity index (χ4n) is 3.35. The number of halogens is 4. The minimum absolute atomic E-state index is 0.0191. The van der Waals surface area contributed by atoms with Crippen LogP contribution >= 0.6 is 0 Å². The number of methoxy groups -OCH3 is 1. The number of hydrogen-bond donors (Lipinski definition) is 3. The topological polar surface area (TPSA) is 105 Å². The SMILES string of the molecule is COC(=O)c1ccc([C@H]2NC(=O)N[C@@](O)(C(F)(F)F)[C@H]2C(=O)c2ccc(F)cc2)cc1. The average Bonchev–Trinajstić information content (AvgIpc) is 2.72. The second-order valence-corrected chi connectivity index (χ2v) is 6.80. The Hall–Kier alpha value is -3.47. The van der Waals surface area contributed by atoms with Crippen molar-refractivity contribution in [3.63, 3.8) is 0 Å². The van der Waals surface area contributed by atoms with Crippen LogP contribution in [0.1, 0.15) is 32.3 Å². The minimum Gasteiger partial charge on any atom is -0.465 e. The standard InChI is InChI=1S/C20H16F4N2O5/c1-31-17(28)12-4-2-10(3-5-12)15-14(16(27)11-6-8-13(21)9-7-11)19(30,20(22,23)24)26-18(29)25-15/h2-9,14-15,30H,1H3,(H2,25,26,29)/t14-,15-,19+/m1/s1. The van der Waals surface area contributed by atoms with Gasteiger partial charge in [0.1, 0.15) is 11.7 Å². The molecule has 2 aromatic carbocycles. The van der Waals surface area contributed by atoms with Gasteiger partial charge in [-0.3, -0.25) is 4.79 Å². The highest BCUT2D eigenvalue weighted by Gasteiger charge is 2.66. The predicted molar refractivity (Wildman–Crippen MR) is 97.4 cm³/mol. The highest BCUT2D eigenvalue weighted by molar-refractivity contribution is 6.00. The van der Waals surface area contributed by atoms with Crippen LogP contribution in [-0.2, 0) is 4.74 Å². The number of alkyl halides is 3. The zero-order valence-corrected chi connectivity index (χ0v) is 15.9. The van der Waals surface area contributed by atoms with Crippen molar-refractivity contribution in [3.8, 4) is 0 Å². The molecule has 31 heavy (non-hydrogen) atoms. The molecule has 0 aromatic heterocycles. The number of carbonyl (C=O) groups is 3. The van der Waals surface area contributed by atoms with Crippen LogP contribution in [0.5, 0.6) is 0 Å². The third kappa shape index (κ3) is 4.08.